The van der Waals surface area contributed by atoms with E-state index in [-0.39, 0.29) is 37.3 Å². The van der Waals surface area contributed by atoms with E-state index in [0.717, 1.165) is 18.5 Å². The number of carbonyl (C=O) groups is 2. The molecule has 0 bridgehead atoms. The first-order chi connectivity index (χ1) is 17.5. The molecule has 3 heterocycles. The molecule has 2 unspecified atom stereocenters. The van der Waals surface area contributed by atoms with Gasteiger partial charge in [0.2, 0.25) is 5.91 Å². The summed E-state index contributed by atoms with van der Waals surface area (Å²) in [5, 5.41) is 15.7. The number of fused-ring (bicyclic) bond motifs is 1. The molecule has 4 rings (SSSR count). The van der Waals surface area contributed by atoms with Crippen molar-refractivity contribution < 1.29 is 23.8 Å². The van der Waals surface area contributed by atoms with Crippen molar-refractivity contribution in [2.75, 3.05) is 25.0 Å². The van der Waals surface area contributed by atoms with E-state index >= 15 is 4.39 Å². The number of likely N-dealkylation sites (tertiary alicyclic amines) is 1. The number of hydrogen-bond acceptors (Lipinski definition) is 7. The molecule has 1 aliphatic carbocycles. The van der Waals surface area contributed by atoms with Crippen LogP contribution < -0.4 is 10.6 Å². The second-order valence-corrected chi connectivity index (χ2v) is 11.1. The Labute approximate surface area is 217 Å². The number of rotatable bonds is 6. The number of aromatic nitrogens is 1. The van der Waals surface area contributed by atoms with Gasteiger partial charge in [-0.1, -0.05) is 0 Å². The molecular formula is C27H38FN5O4. The monoisotopic (exact) mass is 515 g/mol. The number of ether oxygens (including phenoxy) is 1. The predicted molar refractivity (Wildman–Crippen MR) is 138 cm³/mol. The number of nitrogens with one attached hydrogen (secondary N) is 2. The Hall–Kier alpha value is -2.98. The molecule has 10 heteroatoms. The Bertz CT molecular complexity index is 1100. The second kappa shape index (κ2) is 10.4. The number of aliphatic hydroxyl groups excluding tert-OH is 1. The Kier molecular flexibility index (Phi) is 7.62. The number of hydrogen-bond donors (Lipinski definition) is 3. The van der Waals surface area contributed by atoms with Crippen molar-refractivity contribution in [3.8, 4) is 0 Å². The van der Waals surface area contributed by atoms with Crippen LogP contribution in [-0.4, -0.2) is 68.7 Å². The summed E-state index contributed by atoms with van der Waals surface area (Å²) in [7, 11) is 0. The molecule has 1 aromatic rings. The lowest BCUT2D eigenvalue weighted by Crippen LogP contribution is -2.59. The highest BCUT2D eigenvalue weighted by Gasteiger charge is 2.56. The largest absolute Gasteiger partial charge is 0.443 e. The zero-order valence-corrected chi connectivity index (χ0v) is 22.3. The SMILES string of the molecule is CCN(C(=O)OC(C)(C)C)C1=C2NC(=O)C(C)(N3CCC[C@@H](Nc4ccc(CO)nc4)C3)C2CC(F)=C1. The number of pyridine rings is 1. The van der Waals surface area contributed by atoms with Crippen molar-refractivity contribution in [2.45, 2.75) is 77.7 Å². The minimum absolute atomic E-state index is 0.0746. The van der Waals surface area contributed by atoms with Crippen LogP contribution in [0.25, 0.3) is 0 Å². The second-order valence-electron chi connectivity index (χ2n) is 11.1. The van der Waals surface area contributed by atoms with Gasteiger partial charge in [-0.05, 0) is 72.2 Å². The highest BCUT2D eigenvalue weighted by atomic mass is 19.1. The highest BCUT2D eigenvalue weighted by molar-refractivity contribution is 5.92. The van der Waals surface area contributed by atoms with Gasteiger partial charge in [0, 0.05) is 37.2 Å². The predicted octanol–water partition coefficient (Wildman–Crippen LogP) is 3.68. The zero-order chi connectivity index (χ0) is 27.0. The van der Waals surface area contributed by atoms with E-state index in [1.807, 2.05) is 13.0 Å². The van der Waals surface area contributed by atoms with Gasteiger partial charge in [-0.25, -0.2) is 9.18 Å². The van der Waals surface area contributed by atoms with Gasteiger partial charge in [0.15, 0.2) is 0 Å². The van der Waals surface area contributed by atoms with E-state index in [1.54, 1.807) is 40.0 Å². The standard InChI is InChI=1S/C27H38FN5O4/c1-6-33(25(36)37-26(2,3)4)22-13-17(28)12-21-23(22)31-24(35)27(21,5)32-11-7-8-19(15-32)30-18-9-10-20(16-34)29-14-18/h9-10,13-14,19,21,30,34H,6-8,11-12,15-16H2,1-5H3,(H,31,35)/t19-,21?,27?/m1/s1. The van der Waals surface area contributed by atoms with Crippen LogP contribution in [0.4, 0.5) is 14.9 Å². The molecule has 3 atom stereocenters. The van der Waals surface area contributed by atoms with Crippen molar-refractivity contribution in [3.63, 3.8) is 0 Å². The summed E-state index contributed by atoms with van der Waals surface area (Å²) in [4.78, 5) is 34.2. The Morgan fingerprint density at radius 3 is 2.78 bits per heavy atom. The lowest BCUT2D eigenvalue weighted by molar-refractivity contribution is -0.131. The van der Waals surface area contributed by atoms with Crippen LogP contribution in [0.5, 0.6) is 0 Å². The van der Waals surface area contributed by atoms with Gasteiger partial charge in [0.05, 0.1) is 29.9 Å². The van der Waals surface area contributed by atoms with Gasteiger partial charge in [0.25, 0.3) is 0 Å². The number of halogens is 1. The molecule has 1 aromatic heterocycles. The fourth-order valence-corrected chi connectivity index (χ4v) is 5.46. The van der Waals surface area contributed by atoms with E-state index in [0.29, 0.717) is 30.2 Å². The number of aliphatic hydroxyl groups is 1. The normalized spacial score (nSPS) is 26.4. The molecule has 37 heavy (non-hydrogen) atoms. The maximum Gasteiger partial charge on any atom is 0.414 e. The summed E-state index contributed by atoms with van der Waals surface area (Å²) in [6, 6.07) is 3.73. The average molecular weight is 516 g/mol. The number of allylic oxidation sites excluding steroid dienone is 2. The zero-order valence-electron chi connectivity index (χ0n) is 22.3. The fraction of sp³-hybridized carbons (Fsp3) is 0.593. The average Bonchev–Trinajstić information content (AvgIpc) is 3.10. The quantitative estimate of drug-likeness (QED) is 0.531. The molecule has 0 saturated carbocycles. The van der Waals surface area contributed by atoms with Gasteiger partial charge in [0.1, 0.15) is 17.0 Å². The number of anilines is 1. The molecule has 0 radical (unpaired) electrons. The number of likely N-dealkylation sites (N-methyl/N-ethyl adjacent to an activating group) is 1. The number of piperidine rings is 1. The molecule has 2 fully saturated rings. The number of carbonyl (C=O) groups excluding carboxylic acids is 2. The molecule has 2 aliphatic heterocycles. The van der Waals surface area contributed by atoms with E-state index in [9.17, 15) is 14.7 Å². The van der Waals surface area contributed by atoms with Crippen LogP contribution in [0, 0.1) is 5.92 Å². The highest BCUT2D eigenvalue weighted by Crippen LogP contribution is 2.45. The smallest absolute Gasteiger partial charge is 0.414 e. The van der Waals surface area contributed by atoms with Gasteiger partial charge in [-0.2, -0.15) is 0 Å². The summed E-state index contributed by atoms with van der Waals surface area (Å²) in [5.41, 5.74) is 0.684. The van der Waals surface area contributed by atoms with Crippen molar-refractivity contribution in [1.82, 2.24) is 20.1 Å². The van der Waals surface area contributed by atoms with E-state index < -0.39 is 23.2 Å². The van der Waals surface area contributed by atoms with Gasteiger partial charge in [-0.3, -0.25) is 19.6 Å². The molecule has 2 amide bonds. The molecule has 202 valence electrons. The summed E-state index contributed by atoms with van der Waals surface area (Å²) in [5.74, 6) is -1.01. The first-order valence-corrected chi connectivity index (χ1v) is 13.0. The number of nitrogens with zero attached hydrogens (tertiary/aromatic N) is 3. The van der Waals surface area contributed by atoms with Crippen LogP contribution in [0.3, 0.4) is 0 Å². The van der Waals surface area contributed by atoms with E-state index in [2.05, 4.69) is 20.5 Å². The fourth-order valence-electron chi connectivity index (χ4n) is 5.46. The first-order valence-electron chi connectivity index (χ1n) is 13.0. The molecule has 2 saturated heterocycles. The maximum atomic E-state index is 15.1. The van der Waals surface area contributed by atoms with Crippen molar-refractivity contribution in [1.29, 1.82) is 0 Å². The van der Waals surface area contributed by atoms with Gasteiger partial charge >= 0.3 is 6.09 Å². The van der Waals surface area contributed by atoms with Crippen molar-refractivity contribution >= 4 is 17.7 Å². The van der Waals surface area contributed by atoms with Crippen molar-refractivity contribution in [2.24, 2.45) is 5.92 Å². The van der Waals surface area contributed by atoms with Crippen LogP contribution >= 0.6 is 0 Å². The Balaban J connectivity index is 1.59. The Morgan fingerprint density at radius 1 is 1.41 bits per heavy atom. The molecule has 0 spiro atoms. The van der Waals surface area contributed by atoms with E-state index in [1.165, 1.54) is 11.0 Å². The van der Waals surface area contributed by atoms with Gasteiger partial charge in [-0.15, -0.1) is 0 Å². The van der Waals surface area contributed by atoms with Gasteiger partial charge < -0.3 is 20.5 Å². The molecular weight excluding hydrogens is 477 g/mol. The molecule has 9 nitrogen and oxygen atoms in total. The van der Waals surface area contributed by atoms with Crippen molar-refractivity contribution in [3.05, 3.63) is 47.3 Å². The number of amides is 2. The third kappa shape index (κ3) is 5.50. The lowest BCUT2D eigenvalue weighted by Gasteiger charge is -2.45. The molecule has 3 N–H and O–H groups in total. The topological polar surface area (TPSA) is 107 Å². The van der Waals surface area contributed by atoms with Crippen LogP contribution in [0.15, 0.2) is 41.6 Å². The van der Waals surface area contributed by atoms with Crippen LogP contribution in [0.2, 0.25) is 0 Å². The summed E-state index contributed by atoms with van der Waals surface area (Å²) in [6.07, 6.45) is 4.34. The third-order valence-electron chi connectivity index (χ3n) is 7.36. The minimum atomic E-state index is -0.973. The maximum absolute atomic E-state index is 15.1. The minimum Gasteiger partial charge on any atom is -0.443 e. The third-order valence-corrected chi connectivity index (χ3v) is 7.36. The van der Waals surface area contributed by atoms with Crippen LogP contribution in [-0.2, 0) is 16.1 Å². The summed E-state index contributed by atoms with van der Waals surface area (Å²) in [6.45, 7) is 10.5. The molecule has 0 aromatic carbocycles. The molecule has 3 aliphatic rings. The Morgan fingerprint density at radius 2 is 2.16 bits per heavy atom. The first kappa shape index (κ1) is 27.1. The summed E-state index contributed by atoms with van der Waals surface area (Å²) >= 11 is 0. The van der Waals surface area contributed by atoms with E-state index in [4.69, 9.17) is 4.74 Å². The van der Waals surface area contributed by atoms with Crippen LogP contribution in [0.1, 0.15) is 59.6 Å². The lowest BCUT2D eigenvalue weighted by atomic mass is 9.78. The summed E-state index contributed by atoms with van der Waals surface area (Å²) < 4.78 is 20.6.